The molecule has 0 aliphatic carbocycles. The van der Waals surface area contributed by atoms with E-state index in [2.05, 4.69) is 10.6 Å². The Morgan fingerprint density at radius 3 is 2.59 bits per heavy atom. The maximum atomic E-state index is 11.1. The van der Waals surface area contributed by atoms with Gasteiger partial charge in [0.05, 0.1) is 4.90 Å². The molecule has 1 rings (SSSR count). The van der Waals surface area contributed by atoms with Gasteiger partial charge < -0.3 is 10.6 Å². The summed E-state index contributed by atoms with van der Waals surface area (Å²) in [6.07, 6.45) is 0. The maximum absolute atomic E-state index is 11.1. The second-order valence-electron chi connectivity index (χ2n) is 2.99. The molecule has 3 N–H and O–H groups in total. The Morgan fingerprint density at radius 2 is 2.06 bits per heavy atom. The Morgan fingerprint density at radius 1 is 1.41 bits per heavy atom. The number of amides is 2. The Hall–Kier alpha value is -0.600. The van der Waals surface area contributed by atoms with Gasteiger partial charge in [-0.2, -0.15) is 8.42 Å². The molecule has 0 heterocycles. The molecular weight excluding hydrogens is 255 g/mol. The summed E-state index contributed by atoms with van der Waals surface area (Å²) < 4.78 is 30.4. The van der Waals surface area contributed by atoms with Crippen LogP contribution in [0.25, 0.3) is 0 Å². The molecule has 0 fully saturated rings. The van der Waals surface area contributed by atoms with Crippen LogP contribution in [0.3, 0.4) is 0 Å². The molecule has 0 aromatic heterocycles. The predicted molar refractivity (Wildman–Crippen MR) is 66.1 cm³/mol. The van der Waals surface area contributed by atoms with Crippen molar-refractivity contribution in [2.45, 2.75) is 11.8 Å². The van der Waals surface area contributed by atoms with Crippen molar-refractivity contribution in [1.29, 1.82) is 0 Å². The van der Waals surface area contributed by atoms with Gasteiger partial charge in [0.2, 0.25) is 0 Å². The number of nitrogens with one attached hydrogen (secondary N) is 2. The summed E-state index contributed by atoms with van der Waals surface area (Å²) in [5.74, 6) is 0. The summed E-state index contributed by atoms with van der Waals surface area (Å²) in [6, 6.07) is 4.91. The van der Waals surface area contributed by atoms with Crippen molar-refractivity contribution in [3.05, 3.63) is 24.3 Å². The molecule has 1 aromatic carbocycles. The monoisotopic (exact) mass is 268 g/mol. The van der Waals surface area contributed by atoms with Gasteiger partial charge in [-0.15, -0.1) is 0 Å². The number of hydrogen-bond donors (Lipinski definition) is 3. The Bertz CT molecular complexity index is 490. The van der Waals surface area contributed by atoms with Crippen molar-refractivity contribution in [2.24, 2.45) is 0 Å². The normalized spacial score (nSPS) is 10.2. The quantitative estimate of drug-likeness (QED) is 0.547. The van der Waals surface area contributed by atoms with Crippen LogP contribution in [0.15, 0.2) is 29.2 Å². The first-order chi connectivity index (χ1) is 7.43. The molecule has 0 saturated carbocycles. The van der Waals surface area contributed by atoms with Gasteiger partial charge in [0, 0.05) is 12.2 Å². The average Bonchev–Trinajstić information content (AvgIpc) is 2.17. The van der Waals surface area contributed by atoms with Crippen LogP contribution in [0.1, 0.15) is 6.92 Å². The van der Waals surface area contributed by atoms with Gasteiger partial charge in [0.25, 0.3) is 10.1 Å². The molecule has 0 aliphatic heterocycles. The predicted octanol–water partition coefficient (Wildman–Crippen LogP) is 0.426. The number of carbonyl (C=O) groups excluding carboxylic acids is 1. The summed E-state index contributed by atoms with van der Waals surface area (Å²) in [4.78, 5) is 10.9. The molecule has 2 amide bonds. The molecule has 6 nitrogen and oxygen atoms in total. The van der Waals surface area contributed by atoms with Crippen molar-refractivity contribution in [3.8, 4) is 0 Å². The van der Waals surface area contributed by atoms with E-state index in [0.29, 0.717) is 12.2 Å². The van der Waals surface area contributed by atoms with E-state index in [1.54, 1.807) is 6.92 Å². The van der Waals surface area contributed by atoms with Crippen LogP contribution >= 0.6 is 0 Å². The zero-order chi connectivity index (χ0) is 12.2. The third kappa shape index (κ3) is 5.51. The first kappa shape index (κ1) is 16.4. The standard InChI is InChI=1S/C9H12N2O4S.Na.H/c1-2-10-9(12)11-7-4-3-5-8(6-7)16(13,14)15;;/h3-6H,2H2,1H3,(H2,10,11,12)(H,13,14,15);;. The Kier molecular flexibility index (Phi) is 6.73. The van der Waals surface area contributed by atoms with Crippen LogP contribution in [-0.4, -0.2) is 55.1 Å². The minimum absolute atomic E-state index is 0. The van der Waals surface area contributed by atoms with Crippen LogP contribution in [0, 0.1) is 0 Å². The fourth-order valence-corrected chi connectivity index (χ4v) is 1.60. The van der Waals surface area contributed by atoms with Crippen LogP contribution in [-0.2, 0) is 10.1 Å². The summed E-state index contributed by atoms with van der Waals surface area (Å²) in [5.41, 5.74) is 0.293. The molecule has 1 aromatic rings. The molecule has 0 aliphatic rings. The van der Waals surface area contributed by atoms with Gasteiger partial charge in [0.15, 0.2) is 0 Å². The fourth-order valence-electron chi connectivity index (χ4n) is 1.07. The van der Waals surface area contributed by atoms with E-state index < -0.39 is 16.1 Å². The minimum atomic E-state index is -4.25. The average molecular weight is 268 g/mol. The van der Waals surface area contributed by atoms with Crippen LogP contribution in [0.5, 0.6) is 0 Å². The summed E-state index contributed by atoms with van der Waals surface area (Å²) in [7, 11) is -4.25. The van der Waals surface area contributed by atoms with E-state index in [-0.39, 0.29) is 34.5 Å². The number of carbonyl (C=O) groups is 1. The molecule has 0 bridgehead atoms. The van der Waals surface area contributed by atoms with E-state index in [9.17, 15) is 13.2 Å². The molecule has 0 saturated heterocycles. The van der Waals surface area contributed by atoms with E-state index in [1.165, 1.54) is 24.3 Å². The van der Waals surface area contributed by atoms with Crippen molar-refractivity contribution in [2.75, 3.05) is 11.9 Å². The van der Waals surface area contributed by atoms with Gasteiger partial charge in [0.1, 0.15) is 0 Å². The Balaban J connectivity index is 0.00000256. The molecule has 0 atom stereocenters. The number of hydrogen-bond acceptors (Lipinski definition) is 3. The topological polar surface area (TPSA) is 95.5 Å². The molecular formula is C9H13N2NaO4S. The first-order valence-corrected chi connectivity index (χ1v) is 6.00. The van der Waals surface area contributed by atoms with Gasteiger partial charge in [-0.25, -0.2) is 4.79 Å². The SMILES string of the molecule is CCNC(=O)Nc1cccc(S(=O)(=O)O)c1.[NaH]. The van der Waals surface area contributed by atoms with Crippen molar-refractivity contribution in [3.63, 3.8) is 0 Å². The molecule has 0 spiro atoms. The third-order valence-corrected chi connectivity index (χ3v) is 2.58. The second-order valence-corrected chi connectivity index (χ2v) is 4.41. The van der Waals surface area contributed by atoms with Crippen molar-refractivity contribution < 1.29 is 17.8 Å². The van der Waals surface area contributed by atoms with Crippen LogP contribution in [0.2, 0.25) is 0 Å². The molecule has 0 radical (unpaired) electrons. The second kappa shape index (κ2) is 6.97. The van der Waals surface area contributed by atoms with Crippen LogP contribution in [0.4, 0.5) is 10.5 Å². The zero-order valence-electron chi connectivity index (χ0n) is 8.60. The molecule has 8 heteroatoms. The summed E-state index contributed by atoms with van der Waals surface area (Å²) in [6.45, 7) is 2.22. The van der Waals surface area contributed by atoms with E-state index in [4.69, 9.17) is 4.55 Å². The van der Waals surface area contributed by atoms with Crippen molar-refractivity contribution in [1.82, 2.24) is 5.32 Å². The number of anilines is 1. The van der Waals surface area contributed by atoms with Gasteiger partial charge in [-0.3, -0.25) is 4.55 Å². The van der Waals surface area contributed by atoms with Gasteiger partial charge in [-0.1, -0.05) is 6.07 Å². The number of rotatable bonds is 3. The molecule has 0 unspecified atom stereocenters. The van der Waals surface area contributed by atoms with E-state index in [1.807, 2.05) is 0 Å². The molecule has 90 valence electrons. The third-order valence-electron chi connectivity index (χ3n) is 1.73. The summed E-state index contributed by atoms with van der Waals surface area (Å²) >= 11 is 0. The van der Waals surface area contributed by atoms with Gasteiger partial charge >= 0.3 is 35.6 Å². The molecule has 17 heavy (non-hydrogen) atoms. The van der Waals surface area contributed by atoms with Crippen LogP contribution < -0.4 is 10.6 Å². The van der Waals surface area contributed by atoms with Crippen molar-refractivity contribution >= 4 is 51.4 Å². The first-order valence-electron chi connectivity index (χ1n) is 4.56. The number of urea groups is 1. The number of benzene rings is 1. The zero-order valence-corrected chi connectivity index (χ0v) is 9.41. The Labute approximate surface area is 122 Å². The fraction of sp³-hybridized carbons (Fsp3) is 0.222. The van der Waals surface area contributed by atoms with E-state index >= 15 is 0 Å². The summed E-state index contributed by atoms with van der Waals surface area (Å²) in [5, 5.41) is 4.92. The van der Waals surface area contributed by atoms with Gasteiger partial charge in [-0.05, 0) is 25.1 Å². The van der Waals surface area contributed by atoms with E-state index in [0.717, 1.165) is 0 Å².